The average molecular weight is 464 g/mol. The lowest BCUT2D eigenvalue weighted by Gasteiger charge is -2.09. The van der Waals surface area contributed by atoms with Gasteiger partial charge < -0.3 is 4.74 Å². The van der Waals surface area contributed by atoms with Crippen LogP contribution in [0.25, 0.3) is 21.3 Å². The molecular weight excluding hydrogens is 448 g/mol. The van der Waals surface area contributed by atoms with E-state index in [-0.39, 0.29) is 11.1 Å². The first-order valence-electron chi connectivity index (χ1n) is 9.55. The van der Waals surface area contributed by atoms with Crippen molar-refractivity contribution < 1.29 is 19.2 Å². The van der Waals surface area contributed by atoms with E-state index in [1.165, 1.54) is 17.7 Å². The second-order valence-electron chi connectivity index (χ2n) is 6.96. The minimum Gasteiger partial charge on any atom is -0.465 e. The number of nitro groups is 1. The Bertz CT molecular complexity index is 1480. The van der Waals surface area contributed by atoms with E-state index in [1.54, 1.807) is 0 Å². The number of carbonyl (C=O) groups excluding carboxylic acids is 2. The first-order valence-corrected chi connectivity index (χ1v) is 10.4. The first kappa shape index (κ1) is 21.8. The molecule has 4 aromatic rings. The first-order chi connectivity index (χ1) is 15.8. The summed E-state index contributed by atoms with van der Waals surface area (Å²) < 4.78 is 5.51. The highest BCUT2D eigenvalue weighted by Crippen LogP contribution is 2.35. The van der Waals surface area contributed by atoms with Crippen molar-refractivity contribution in [1.29, 1.82) is 0 Å². The fourth-order valence-electron chi connectivity index (χ4n) is 3.39. The predicted molar refractivity (Wildman–Crippen MR) is 122 cm³/mol. The lowest BCUT2D eigenvalue weighted by molar-refractivity contribution is -0.384. The number of hydrogen-bond donors (Lipinski definition) is 1. The number of hydrogen-bond acceptors (Lipinski definition) is 8. The molecule has 0 aliphatic carbocycles. The Morgan fingerprint density at radius 2 is 1.85 bits per heavy atom. The molecule has 0 aliphatic heterocycles. The molecule has 0 fully saturated rings. The molecule has 2 aromatic carbocycles. The number of fused-ring (bicyclic) bond motifs is 1. The van der Waals surface area contributed by atoms with E-state index in [9.17, 15) is 24.5 Å². The van der Waals surface area contributed by atoms with Gasteiger partial charge in [0.2, 0.25) is 0 Å². The number of thiophene rings is 1. The van der Waals surface area contributed by atoms with Crippen LogP contribution < -0.4 is 11.0 Å². The zero-order valence-corrected chi connectivity index (χ0v) is 18.2. The van der Waals surface area contributed by atoms with Crippen LogP contribution in [0.2, 0.25) is 0 Å². The van der Waals surface area contributed by atoms with Gasteiger partial charge in [0.05, 0.1) is 23.0 Å². The number of methoxy groups -OCH3 is 1. The summed E-state index contributed by atoms with van der Waals surface area (Å²) in [6, 6.07) is 12.5. The number of amides is 1. The molecule has 0 unspecified atom stereocenters. The topological polar surface area (TPSA) is 133 Å². The van der Waals surface area contributed by atoms with E-state index in [0.29, 0.717) is 10.2 Å². The van der Waals surface area contributed by atoms with Crippen molar-refractivity contribution in [2.75, 3.05) is 12.5 Å². The highest BCUT2D eigenvalue weighted by atomic mass is 32.1. The van der Waals surface area contributed by atoms with Crippen LogP contribution in [0.15, 0.2) is 59.7 Å². The van der Waals surface area contributed by atoms with Gasteiger partial charge in [-0.15, -0.1) is 11.3 Å². The highest BCUT2D eigenvalue weighted by Gasteiger charge is 2.21. The van der Waals surface area contributed by atoms with E-state index in [2.05, 4.69) is 15.1 Å². The maximum absolute atomic E-state index is 13.2. The molecule has 10 nitrogen and oxygen atoms in total. The third kappa shape index (κ3) is 4.08. The predicted octanol–water partition coefficient (Wildman–Crippen LogP) is 3.51. The Morgan fingerprint density at radius 1 is 1.15 bits per heavy atom. The van der Waals surface area contributed by atoms with Gasteiger partial charge in [-0.3, -0.25) is 25.1 Å². The average Bonchev–Trinajstić information content (AvgIpc) is 3.17. The van der Waals surface area contributed by atoms with Crippen molar-refractivity contribution in [1.82, 2.24) is 9.66 Å². The fraction of sp³-hybridized carbons (Fsp3) is 0.0909. The second-order valence-corrected chi connectivity index (χ2v) is 8.16. The number of non-ortho nitro benzene ring substituents is 1. The van der Waals surface area contributed by atoms with Crippen molar-refractivity contribution in [3.05, 3.63) is 91.3 Å². The van der Waals surface area contributed by atoms with Crippen LogP contribution in [0.1, 0.15) is 25.6 Å². The van der Waals surface area contributed by atoms with Crippen LogP contribution in [0.5, 0.6) is 0 Å². The molecule has 4 rings (SSSR count). The maximum atomic E-state index is 13.2. The van der Waals surface area contributed by atoms with Gasteiger partial charge in [-0.1, -0.05) is 30.3 Å². The van der Waals surface area contributed by atoms with Gasteiger partial charge in [-0.25, -0.2) is 14.5 Å². The number of rotatable bonds is 5. The monoisotopic (exact) mass is 464 g/mol. The SMILES string of the molecule is COC(=O)c1cc(C(=O)Nn2cnc3sc(C)c(-c4ccccc4)c3c2=O)cc([N+](=O)[O-])c1. The molecule has 166 valence electrons. The quantitative estimate of drug-likeness (QED) is 0.271. The highest BCUT2D eigenvalue weighted by molar-refractivity contribution is 7.19. The standard InChI is InChI=1S/C22H16N4O6S/c1-12-17(13-6-4-3-5-7-13)18-20(33-12)23-11-25(21(18)28)24-19(27)14-8-15(22(29)32-2)10-16(9-14)26(30)31/h3-11H,1-2H3,(H,24,27). The Labute approximate surface area is 190 Å². The third-order valence-corrected chi connectivity index (χ3v) is 5.90. The van der Waals surface area contributed by atoms with Gasteiger partial charge in [0.15, 0.2) is 0 Å². The van der Waals surface area contributed by atoms with Crippen molar-refractivity contribution in [3.63, 3.8) is 0 Å². The Hall–Kier alpha value is -4.38. The molecule has 2 aromatic heterocycles. The second kappa shape index (κ2) is 8.63. The number of benzene rings is 2. The number of nitro benzene ring substituents is 1. The van der Waals surface area contributed by atoms with Crippen molar-refractivity contribution in [3.8, 4) is 11.1 Å². The summed E-state index contributed by atoms with van der Waals surface area (Å²) in [6.07, 6.45) is 1.17. The zero-order valence-electron chi connectivity index (χ0n) is 17.4. The molecule has 33 heavy (non-hydrogen) atoms. The van der Waals surface area contributed by atoms with E-state index in [0.717, 1.165) is 46.0 Å². The molecule has 1 amide bonds. The van der Waals surface area contributed by atoms with Crippen molar-refractivity contribution in [2.45, 2.75) is 6.92 Å². The maximum Gasteiger partial charge on any atom is 0.338 e. The van der Waals surface area contributed by atoms with Crippen molar-refractivity contribution in [2.24, 2.45) is 0 Å². The number of carbonyl (C=O) groups is 2. The molecule has 0 aliphatic rings. The number of esters is 1. The number of aryl methyl sites for hydroxylation is 1. The molecule has 0 spiro atoms. The normalized spacial score (nSPS) is 10.7. The van der Waals surface area contributed by atoms with E-state index in [1.807, 2.05) is 37.3 Å². The minimum atomic E-state index is -0.839. The van der Waals surface area contributed by atoms with Gasteiger partial charge >= 0.3 is 5.97 Å². The molecule has 0 radical (unpaired) electrons. The Morgan fingerprint density at radius 3 is 2.52 bits per heavy atom. The summed E-state index contributed by atoms with van der Waals surface area (Å²) in [5.74, 6) is -1.67. The van der Waals surface area contributed by atoms with Gasteiger partial charge in [0.1, 0.15) is 11.2 Å². The zero-order chi connectivity index (χ0) is 23.7. The third-order valence-electron chi connectivity index (χ3n) is 4.89. The van der Waals surface area contributed by atoms with Gasteiger partial charge in [0.25, 0.3) is 17.2 Å². The smallest absolute Gasteiger partial charge is 0.338 e. The summed E-state index contributed by atoms with van der Waals surface area (Å²) in [6.45, 7) is 1.88. The summed E-state index contributed by atoms with van der Waals surface area (Å²) in [5.41, 5.74) is 2.62. The van der Waals surface area contributed by atoms with Gasteiger partial charge in [-0.05, 0) is 18.6 Å². The largest absolute Gasteiger partial charge is 0.465 e. The summed E-state index contributed by atoms with van der Waals surface area (Å²) in [5, 5.41) is 11.6. The van der Waals surface area contributed by atoms with Crippen LogP contribution in [0.3, 0.4) is 0 Å². The van der Waals surface area contributed by atoms with Crippen LogP contribution >= 0.6 is 11.3 Å². The lowest BCUT2D eigenvalue weighted by atomic mass is 10.0. The fourth-order valence-corrected chi connectivity index (χ4v) is 4.40. The van der Waals surface area contributed by atoms with Crippen LogP contribution in [0, 0.1) is 17.0 Å². The number of nitrogens with one attached hydrogen (secondary N) is 1. The molecule has 0 saturated heterocycles. The number of nitrogens with zero attached hydrogens (tertiary/aromatic N) is 3. The minimum absolute atomic E-state index is 0.169. The molecule has 0 saturated carbocycles. The van der Waals surface area contributed by atoms with E-state index in [4.69, 9.17) is 0 Å². The van der Waals surface area contributed by atoms with E-state index < -0.39 is 28.0 Å². The van der Waals surface area contributed by atoms with E-state index >= 15 is 0 Å². The molecule has 0 atom stereocenters. The Kier molecular flexibility index (Phi) is 5.71. The number of aromatic nitrogens is 2. The van der Waals surface area contributed by atoms with Gasteiger partial charge in [0, 0.05) is 28.1 Å². The Balaban J connectivity index is 1.77. The molecule has 2 heterocycles. The molecule has 11 heteroatoms. The summed E-state index contributed by atoms with van der Waals surface area (Å²) in [4.78, 5) is 54.1. The molecule has 0 bridgehead atoms. The lowest BCUT2D eigenvalue weighted by Crippen LogP contribution is -2.33. The number of ether oxygens (including phenoxy) is 1. The summed E-state index contributed by atoms with van der Waals surface area (Å²) >= 11 is 1.36. The molecular formula is C22H16N4O6S. The van der Waals surface area contributed by atoms with Crippen LogP contribution in [0.4, 0.5) is 5.69 Å². The van der Waals surface area contributed by atoms with Crippen LogP contribution in [-0.2, 0) is 4.74 Å². The van der Waals surface area contributed by atoms with Crippen LogP contribution in [-0.4, -0.2) is 33.6 Å². The van der Waals surface area contributed by atoms with Gasteiger partial charge in [-0.2, -0.15) is 0 Å². The summed E-state index contributed by atoms with van der Waals surface area (Å²) in [7, 11) is 1.12. The van der Waals surface area contributed by atoms with Crippen molar-refractivity contribution >= 4 is 39.1 Å². The molecule has 1 N–H and O–H groups in total.